The van der Waals surface area contributed by atoms with Crippen molar-refractivity contribution in [3.63, 3.8) is 0 Å². The molecule has 1 radical (unpaired) electrons. The number of fused-ring (bicyclic) bond motifs is 1. The van der Waals surface area contributed by atoms with Crippen LogP contribution >= 0.6 is 0 Å². The van der Waals surface area contributed by atoms with Crippen molar-refractivity contribution in [1.82, 2.24) is 9.97 Å². The van der Waals surface area contributed by atoms with Crippen LogP contribution in [0.2, 0.25) is 0 Å². The van der Waals surface area contributed by atoms with Gasteiger partial charge < -0.3 is 8.83 Å². The zero-order valence-corrected chi connectivity index (χ0v) is 10.7. The average Bonchev–Trinajstić information content (AvgIpc) is 2.82. The second-order valence-electron chi connectivity index (χ2n) is 3.17. The van der Waals surface area contributed by atoms with Crippen molar-refractivity contribution in [2.75, 3.05) is 0 Å². The van der Waals surface area contributed by atoms with Crippen LogP contribution < -0.4 is 0 Å². The normalized spacial score (nSPS) is 10.3. The predicted octanol–water partition coefficient (Wildman–Crippen LogP) is 2.59. The van der Waals surface area contributed by atoms with Gasteiger partial charge in [-0.15, -0.1) is 18.2 Å². The third-order valence-electron chi connectivity index (χ3n) is 2.09. The molecule has 0 N–H and O–H groups in total. The van der Waals surface area contributed by atoms with Crippen LogP contribution in [0.5, 0.6) is 0 Å². The Labute approximate surface area is 105 Å². The molecular formula is C11H7IrN2O2-. The maximum absolute atomic E-state index is 5.35. The van der Waals surface area contributed by atoms with Crippen molar-refractivity contribution in [2.24, 2.45) is 0 Å². The molecule has 16 heavy (non-hydrogen) atoms. The van der Waals surface area contributed by atoms with Gasteiger partial charge in [0.05, 0.1) is 18.0 Å². The molecule has 0 saturated carbocycles. The number of oxazole rings is 2. The number of hydrogen-bond donors (Lipinski definition) is 0. The molecule has 0 aliphatic heterocycles. The van der Waals surface area contributed by atoms with Gasteiger partial charge in [-0.25, -0.2) is 4.98 Å². The molecule has 3 rings (SSSR count). The fourth-order valence-electron chi connectivity index (χ4n) is 1.47. The Morgan fingerprint density at radius 1 is 1.38 bits per heavy atom. The SMILES string of the molecule is Cc1nc2cc(-c3ncco3)[c-]cc2o1.[Ir]. The van der Waals surface area contributed by atoms with E-state index in [1.807, 2.05) is 13.0 Å². The van der Waals surface area contributed by atoms with Gasteiger partial charge in [-0.2, -0.15) is 0 Å². The molecule has 3 aromatic rings. The number of aromatic nitrogens is 2. The predicted molar refractivity (Wildman–Crippen MR) is 53.1 cm³/mol. The minimum absolute atomic E-state index is 0. The minimum atomic E-state index is 0. The molecule has 4 nitrogen and oxygen atoms in total. The van der Waals surface area contributed by atoms with Crippen molar-refractivity contribution in [3.8, 4) is 11.5 Å². The summed E-state index contributed by atoms with van der Waals surface area (Å²) in [4.78, 5) is 8.27. The number of aryl methyl sites for hydroxylation is 1. The molecule has 2 aromatic heterocycles. The number of nitrogens with zero attached hydrogens (tertiary/aromatic N) is 2. The van der Waals surface area contributed by atoms with Crippen molar-refractivity contribution < 1.29 is 28.9 Å². The maximum Gasteiger partial charge on any atom is 0.180 e. The summed E-state index contributed by atoms with van der Waals surface area (Å²) in [7, 11) is 0. The van der Waals surface area contributed by atoms with Crippen LogP contribution in [-0.2, 0) is 20.1 Å². The second-order valence-corrected chi connectivity index (χ2v) is 3.17. The van der Waals surface area contributed by atoms with Crippen LogP contribution in [0, 0.1) is 13.0 Å². The minimum Gasteiger partial charge on any atom is -0.489 e. The quantitative estimate of drug-likeness (QED) is 0.599. The molecular weight excluding hydrogens is 384 g/mol. The summed E-state index contributed by atoms with van der Waals surface area (Å²) in [6.45, 7) is 1.81. The van der Waals surface area contributed by atoms with Gasteiger partial charge in [-0.3, -0.25) is 4.98 Å². The van der Waals surface area contributed by atoms with Gasteiger partial charge in [0, 0.05) is 32.5 Å². The summed E-state index contributed by atoms with van der Waals surface area (Å²) < 4.78 is 10.5. The van der Waals surface area contributed by atoms with Crippen LogP contribution in [0.15, 0.2) is 33.4 Å². The number of hydrogen-bond acceptors (Lipinski definition) is 4. The zero-order valence-electron chi connectivity index (χ0n) is 8.35. The summed E-state index contributed by atoms with van der Waals surface area (Å²) in [5.41, 5.74) is 2.29. The van der Waals surface area contributed by atoms with Gasteiger partial charge in [0.2, 0.25) is 0 Å². The van der Waals surface area contributed by atoms with Crippen molar-refractivity contribution in [3.05, 3.63) is 36.5 Å². The Morgan fingerprint density at radius 2 is 2.25 bits per heavy atom. The fraction of sp³-hybridized carbons (Fsp3) is 0.0909. The first-order chi connectivity index (χ1) is 7.33. The first kappa shape index (κ1) is 11.0. The molecule has 0 spiro atoms. The summed E-state index contributed by atoms with van der Waals surface area (Å²) in [6, 6.07) is 6.63. The van der Waals surface area contributed by atoms with Gasteiger partial charge >= 0.3 is 0 Å². The standard InChI is InChI=1S/C11H7N2O2.Ir/c1-7-13-9-6-8(2-3-10(9)15-7)11-12-4-5-14-11;/h3-6H,1H3;/q-1;. The van der Waals surface area contributed by atoms with E-state index >= 15 is 0 Å². The fourth-order valence-corrected chi connectivity index (χ4v) is 1.47. The van der Waals surface area contributed by atoms with Crippen molar-refractivity contribution >= 4 is 11.1 Å². The molecule has 0 aliphatic carbocycles. The number of rotatable bonds is 1. The van der Waals surface area contributed by atoms with E-state index < -0.39 is 0 Å². The molecule has 2 heterocycles. The molecule has 0 atom stereocenters. The first-order valence-corrected chi connectivity index (χ1v) is 4.52. The van der Waals surface area contributed by atoms with E-state index in [1.54, 1.807) is 12.3 Å². The number of benzene rings is 1. The monoisotopic (exact) mass is 392 g/mol. The summed E-state index contributed by atoms with van der Waals surface area (Å²) in [5, 5.41) is 0. The van der Waals surface area contributed by atoms with E-state index in [2.05, 4.69) is 16.0 Å². The molecule has 0 aliphatic rings. The summed E-state index contributed by atoms with van der Waals surface area (Å²) >= 11 is 0. The molecule has 0 fully saturated rings. The van der Waals surface area contributed by atoms with Crippen LogP contribution in [-0.4, -0.2) is 9.97 Å². The zero-order chi connectivity index (χ0) is 10.3. The molecule has 0 bridgehead atoms. The van der Waals surface area contributed by atoms with Gasteiger partial charge in [-0.05, 0) is 0 Å². The Morgan fingerprint density at radius 3 is 3.00 bits per heavy atom. The van der Waals surface area contributed by atoms with Crippen LogP contribution in [0.25, 0.3) is 22.6 Å². The van der Waals surface area contributed by atoms with Crippen LogP contribution in [0.4, 0.5) is 0 Å². The van der Waals surface area contributed by atoms with E-state index in [-0.39, 0.29) is 20.1 Å². The Hall–Kier alpha value is -1.45. The summed E-state index contributed by atoms with van der Waals surface area (Å²) in [6.07, 6.45) is 3.13. The Bertz CT molecular complexity index is 602. The Kier molecular flexibility index (Phi) is 2.90. The van der Waals surface area contributed by atoms with E-state index in [4.69, 9.17) is 8.83 Å². The van der Waals surface area contributed by atoms with E-state index in [1.165, 1.54) is 6.26 Å². The topological polar surface area (TPSA) is 52.1 Å². The van der Waals surface area contributed by atoms with Gasteiger partial charge in [0.25, 0.3) is 0 Å². The molecule has 5 heteroatoms. The van der Waals surface area contributed by atoms with Crippen molar-refractivity contribution in [1.29, 1.82) is 0 Å². The van der Waals surface area contributed by atoms with Gasteiger partial charge in [0.15, 0.2) is 5.89 Å². The van der Waals surface area contributed by atoms with E-state index in [0.717, 1.165) is 16.7 Å². The smallest absolute Gasteiger partial charge is 0.180 e. The van der Waals surface area contributed by atoms with Crippen LogP contribution in [0.3, 0.4) is 0 Å². The second kappa shape index (κ2) is 4.20. The Balaban J connectivity index is 0.000000963. The molecule has 0 amide bonds. The third-order valence-corrected chi connectivity index (χ3v) is 2.09. The molecule has 83 valence electrons. The average molecular weight is 391 g/mol. The van der Waals surface area contributed by atoms with Gasteiger partial charge in [-0.1, -0.05) is 5.56 Å². The van der Waals surface area contributed by atoms with Crippen LogP contribution in [0.1, 0.15) is 5.89 Å². The first-order valence-electron chi connectivity index (χ1n) is 4.52. The largest absolute Gasteiger partial charge is 0.489 e. The molecule has 1 aromatic carbocycles. The van der Waals surface area contributed by atoms with Crippen molar-refractivity contribution in [2.45, 2.75) is 6.92 Å². The van der Waals surface area contributed by atoms with E-state index in [0.29, 0.717) is 11.8 Å². The third kappa shape index (κ3) is 1.79. The maximum atomic E-state index is 5.35. The molecule has 0 unspecified atom stereocenters. The van der Waals surface area contributed by atoms with Gasteiger partial charge in [0.1, 0.15) is 5.89 Å². The van der Waals surface area contributed by atoms with E-state index in [9.17, 15) is 0 Å². The summed E-state index contributed by atoms with van der Waals surface area (Å²) in [5.74, 6) is 1.18. The molecule has 0 saturated heterocycles.